The van der Waals surface area contributed by atoms with Gasteiger partial charge in [0.25, 0.3) is 0 Å². The fourth-order valence-corrected chi connectivity index (χ4v) is 569. The normalized spacial score (nSPS) is 47.0. The van der Waals surface area contributed by atoms with Gasteiger partial charge in [-0.15, -0.1) is 0 Å². The van der Waals surface area contributed by atoms with Crippen LogP contribution in [-0.2, 0) is 0 Å². The molecule has 0 saturated carbocycles. The topological polar surface area (TPSA) is 0 Å². The molecule has 2 aliphatic rings. The van der Waals surface area contributed by atoms with Crippen molar-refractivity contribution in [2.24, 2.45) is 0 Å². The van der Waals surface area contributed by atoms with Crippen molar-refractivity contribution in [3.05, 3.63) is 0 Å². The van der Waals surface area contributed by atoms with E-state index in [-0.39, 0.29) is 0 Å². The molecule has 0 unspecified atom stereocenters. The molecule has 2 rings (SSSR count). The zero-order valence-electron chi connectivity index (χ0n) is 13.8. The molecular formula is C10H30Se2Si6. The van der Waals surface area contributed by atoms with E-state index in [0.29, 0.717) is 0 Å². The minimum absolute atomic E-state index is 0.789. The number of rotatable bonds is 0. The van der Waals surface area contributed by atoms with Crippen LogP contribution in [0.1, 0.15) is 0 Å². The zero-order chi connectivity index (χ0) is 14.4. The number of hydrogen-bond acceptors (Lipinski definition) is 0. The van der Waals surface area contributed by atoms with E-state index in [4.69, 9.17) is 0 Å². The third kappa shape index (κ3) is 1.57. The van der Waals surface area contributed by atoms with Crippen LogP contribution in [0.3, 0.4) is 0 Å². The second-order valence-corrected chi connectivity index (χ2v) is 112. The Morgan fingerprint density at radius 2 is 0.556 bits per heavy atom. The van der Waals surface area contributed by atoms with E-state index in [1.807, 2.05) is 0 Å². The van der Waals surface area contributed by atoms with Crippen molar-refractivity contribution in [3.63, 3.8) is 0 Å². The predicted molar refractivity (Wildman–Crippen MR) is 105 cm³/mol. The summed E-state index contributed by atoms with van der Waals surface area (Å²) in [7, 11) is 0. The first-order valence-corrected chi connectivity index (χ1v) is 39.0. The van der Waals surface area contributed by atoms with Crippen LogP contribution in [0.2, 0.25) is 65.5 Å². The van der Waals surface area contributed by atoms with E-state index in [1.54, 1.807) is 0 Å². The average molecular weight is 477 g/mol. The van der Waals surface area contributed by atoms with Crippen LogP contribution >= 0.6 is 0 Å². The average Bonchev–Trinajstić information content (AvgIpc) is 2.26. The van der Waals surface area contributed by atoms with Gasteiger partial charge in [-0.1, -0.05) is 0 Å². The van der Waals surface area contributed by atoms with E-state index < -0.39 is 38.0 Å². The molecule has 0 bridgehead atoms. The summed E-state index contributed by atoms with van der Waals surface area (Å²) in [4.78, 5) is 0. The van der Waals surface area contributed by atoms with Crippen molar-refractivity contribution < 1.29 is 0 Å². The van der Waals surface area contributed by atoms with E-state index in [1.165, 1.54) is 27.4 Å². The Morgan fingerprint density at radius 3 is 0.722 bits per heavy atom. The summed E-state index contributed by atoms with van der Waals surface area (Å²) >= 11 is 2.35. The molecule has 2 fully saturated rings. The molecular weight excluding hydrogens is 447 g/mol. The van der Waals surface area contributed by atoms with Crippen molar-refractivity contribution in [1.82, 2.24) is 0 Å². The van der Waals surface area contributed by atoms with Gasteiger partial charge in [0.05, 0.1) is 0 Å². The van der Waals surface area contributed by atoms with E-state index in [9.17, 15) is 0 Å². The van der Waals surface area contributed by atoms with Gasteiger partial charge in [0.1, 0.15) is 0 Å². The number of hydrogen-bond donors (Lipinski definition) is 0. The van der Waals surface area contributed by atoms with E-state index >= 15 is 0 Å². The van der Waals surface area contributed by atoms with Crippen molar-refractivity contribution in [3.8, 4) is 0 Å². The summed E-state index contributed by atoms with van der Waals surface area (Å²) in [5.41, 5.74) is 0. The monoisotopic (exact) mass is 478 g/mol. The molecule has 8 heteroatoms. The molecule has 0 N–H and O–H groups in total. The molecule has 0 spiro atoms. The summed E-state index contributed by atoms with van der Waals surface area (Å²) in [5, 5.41) is 0. The van der Waals surface area contributed by atoms with Crippen molar-refractivity contribution in [2.75, 3.05) is 0 Å². The third-order valence-electron chi connectivity index (χ3n) is 6.84. The molecule has 0 amide bonds. The maximum atomic E-state index is 3.02. The van der Waals surface area contributed by atoms with Crippen LogP contribution in [0.5, 0.6) is 0 Å². The van der Waals surface area contributed by atoms with Crippen LogP contribution in [0.4, 0.5) is 0 Å². The Bertz CT molecular complexity index is 337. The quantitative estimate of drug-likeness (QED) is 0.472. The second kappa shape index (κ2) is 4.00. The molecule has 0 aromatic heterocycles. The van der Waals surface area contributed by atoms with Crippen molar-refractivity contribution in [1.29, 1.82) is 0 Å². The van der Waals surface area contributed by atoms with Gasteiger partial charge in [-0.3, -0.25) is 0 Å². The predicted octanol–water partition coefficient (Wildman–Crippen LogP) is 2.79. The maximum absolute atomic E-state index is 3.02. The molecule has 0 aromatic carbocycles. The van der Waals surface area contributed by atoms with Gasteiger partial charge in [-0.05, 0) is 0 Å². The molecule has 0 aliphatic carbocycles. The Balaban J connectivity index is 2.80. The fourth-order valence-electron chi connectivity index (χ4n) is 5.54. The van der Waals surface area contributed by atoms with E-state index in [0.717, 1.165) is 0 Å². The Hall–Kier alpha value is 2.34. The SMILES string of the molecule is C[Si]1(C)[Se][Si](C)(C)[Si]2(C)[Si](C)(C)[Se][Si](C)(C)[Si]12C. The number of fused-ring (bicyclic) bond motifs is 1. The molecule has 2 saturated heterocycles. The summed E-state index contributed by atoms with van der Waals surface area (Å²) in [6.45, 7) is 27.5. The first kappa shape index (κ1) is 16.7. The van der Waals surface area contributed by atoms with Crippen LogP contribution in [0.15, 0.2) is 0 Å². The van der Waals surface area contributed by atoms with E-state index in [2.05, 4.69) is 65.5 Å². The van der Waals surface area contributed by atoms with Gasteiger partial charge >= 0.3 is 131 Å². The molecule has 0 nitrogen and oxygen atoms in total. The molecule has 0 aromatic rings. The van der Waals surface area contributed by atoms with Gasteiger partial charge in [0.2, 0.25) is 0 Å². The van der Waals surface area contributed by atoms with Gasteiger partial charge in [0, 0.05) is 0 Å². The molecule has 0 atom stereocenters. The Morgan fingerprint density at radius 1 is 0.389 bits per heavy atom. The van der Waals surface area contributed by atoms with Gasteiger partial charge in [-0.25, -0.2) is 0 Å². The molecule has 2 aliphatic heterocycles. The third-order valence-corrected chi connectivity index (χ3v) is 251. The molecule has 18 heavy (non-hydrogen) atoms. The molecule has 2 heterocycles. The van der Waals surface area contributed by atoms with Crippen LogP contribution in [-0.4, -0.2) is 65.4 Å². The van der Waals surface area contributed by atoms with Gasteiger partial charge in [-0.2, -0.15) is 0 Å². The summed E-state index contributed by atoms with van der Waals surface area (Å²) in [6, 6.07) is 0. The zero-order valence-corrected chi connectivity index (χ0v) is 23.2. The van der Waals surface area contributed by atoms with Crippen molar-refractivity contribution >= 4 is 65.4 Å². The van der Waals surface area contributed by atoms with Crippen LogP contribution < -0.4 is 0 Å². The summed E-state index contributed by atoms with van der Waals surface area (Å²) < 4.78 is 0. The standard InChI is InChI=1S/C10H30Se2Si6/c1-13(2)11-14(3,4)18(10)16(7,8)12-15(5,6)17(13,18)9/h1-10H3. The molecule has 0 radical (unpaired) electrons. The van der Waals surface area contributed by atoms with Gasteiger partial charge < -0.3 is 0 Å². The minimum atomic E-state index is -0.807. The second-order valence-electron chi connectivity index (χ2n) is 8.50. The summed E-state index contributed by atoms with van der Waals surface area (Å²) in [5.74, 6) is 0. The fraction of sp³-hybridized carbons (Fsp3) is 1.00. The first-order chi connectivity index (χ1) is 7.66. The Kier molecular flexibility index (Phi) is 3.71. The van der Waals surface area contributed by atoms with Crippen LogP contribution in [0.25, 0.3) is 0 Å². The summed E-state index contributed by atoms with van der Waals surface area (Å²) in [6.07, 6.45) is -3.16. The van der Waals surface area contributed by atoms with Crippen molar-refractivity contribution in [2.45, 2.75) is 65.5 Å². The molecule has 106 valence electrons. The Labute approximate surface area is 130 Å². The van der Waals surface area contributed by atoms with Crippen LogP contribution in [0, 0.1) is 0 Å². The van der Waals surface area contributed by atoms with Gasteiger partial charge in [0.15, 0.2) is 0 Å². The first-order valence-electron chi connectivity index (χ1n) is 7.07.